The number of hydrogen-bond donors (Lipinski definition) is 2. The number of phenolic OH excluding ortho intramolecular Hbond substituents is 1. The van der Waals surface area contributed by atoms with Crippen molar-refractivity contribution in [3.63, 3.8) is 0 Å². The van der Waals surface area contributed by atoms with E-state index in [1.165, 1.54) is 12.1 Å². The number of para-hydroxylation sites is 1. The van der Waals surface area contributed by atoms with E-state index >= 15 is 0 Å². The molecule has 0 fully saturated rings. The maximum absolute atomic E-state index is 11.6. The van der Waals surface area contributed by atoms with Gasteiger partial charge in [0.1, 0.15) is 17.1 Å². The Kier molecular flexibility index (Phi) is 2.49. The van der Waals surface area contributed by atoms with Crippen LogP contribution in [0.1, 0.15) is 10.4 Å². The van der Waals surface area contributed by atoms with Crippen molar-refractivity contribution >= 4 is 16.9 Å². The maximum Gasteiger partial charge on any atom is 0.253 e. The third-order valence-corrected chi connectivity index (χ3v) is 2.97. The van der Waals surface area contributed by atoms with Gasteiger partial charge in [0.2, 0.25) is 0 Å². The van der Waals surface area contributed by atoms with Crippen LogP contribution in [0.25, 0.3) is 22.3 Å². The third kappa shape index (κ3) is 1.83. The highest BCUT2D eigenvalue weighted by molar-refractivity contribution is 6.10. The summed E-state index contributed by atoms with van der Waals surface area (Å²) in [6, 6.07) is 13.7. The van der Waals surface area contributed by atoms with E-state index in [1.807, 2.05) is 12.1 Å². The van der Waals surface area contributed by atoms with Crippen molar-refractivity contribution in [2.75, 3.05) is 0 Å². The number of carbonyl (C=O) groups is 1. The quantitative estimate of drug-likeness (QED) is 0.737. The smallest absolute Gasteiger partial charge is 0.253 e. The van der Waals surface area contributed by atoms with Crippen LogP contribution in [0.2, 0.25) is 0 Å². The molecule has 4 nitrogen and oxygen atoms in total. The molecule has 0 aliphatic carbocycles. The number of benzene rings is 2. The number of fused-ring (bicyclic) bond motifs is 1. The van der Waals surface area contributed by atoms with Gasteiger partial charge in [0.25, 0.3) is 5.91 Å². The van der Waals surface area contributed by atoms with E-state index in [-0.39, 0.29) is 5.75 Å². The van der Waals surface area contributed by atoms with Gasteiger partial charge >= 0.3 is 0 Å². The zero-order valence-electron chi connectivity index (χ0n) is 9.96. The maximum atomic E-state index is 11.6. The first-order valence-electron chi connectivity index (χ1n) is 5.77. The first-order valence-corrected chi connectivity index (χ1v) is 5.77. The minimum Gasteiger partial charge on any atom is -0.508 e. The molecule has 0 radical (unpaired) electrons. The van der Waals surface area contributed by atoms with Crippen molar-refractivity contribution in [2.45, 2.75) is 0 Å². The molecule has 0 unspecified atom stereocenters. The Morgan fingerprint density at radius 2 is 1.74 bits per heavy atom. The number of rotatable bonds is 2. The van der Waals surface area contributed by atoms with Crippen molar-refractivity contribution in [1.29, 1.82) is 0 Å². The Bertz CT molecular complexity index is 757. The lowest BCUT2D eigenvalue weighted by Gasteiger charge is -2.00. The summed E-state index contributed by atoms with van der Waals surface area (Å²) in [5.74, 6) is 0.0437. The Hall–Kier alpha value is -2.75. The van der Waals surface area contributed by atoms with Crippen LogP contribution in [0.15, 0.2) is 52.9 Å². The highest BCUT2D eigenvalue weighted by atomic mass is 16.3. The van der Waals surface area contributed by atoms with Gasteiger partial charge in [-0.25, -0.2) is 0 Å². The van der Waals surface area contributed by atoms with E-state index in [0.717, 1.165) is 0 Å². The van der Waals surface area contributed by atoms with Crippen molar-refractivity contribution in [3.8, 4) is 17.1 Å². The first kappa shape index (κ1) is 11.3. The largest absolute Gasteiger partial charge is 0.508 e. The molecule has 1 aromatic heterocycles. The lowest BCUT2D eigenvalue weighted by Crippen LogP contribution is -2.11. The Balaban J connectivity index is 2.31. The van der Waals surface area contributed by atoms with Crippen molar-refractivity contribution in [2.24, 2.45) is 5.73 Å². The van der Waals surface area contributed by atoms with E-state index in [4.69, 9.17) is 10.2 Å². The number of primary amides is 1. The Morgan fingerprint density at radius 3 is 2.42 bits per heavy atom. The van der Waals surface area contributed by atoms with Crippen LogP contribution in [0.5, 0.6) is 5.75 Å². The molecule has 3 rings (SSSR count). The van der Waals surface area contributed by atoms with Crippen LogP contribution < -0.4 is 5.73 Å². The molecule has 0 bridgehead atoms. The number of carbonyl (C=O) groups excluding carboxylic acids is 1. The van der Waals surface area contributed by atoms with Crippen LogP contribution >= 0.6 is 0 Å². The van der Waals surface area contributed by atoms with Gasteiger partial charge < -0.3 is 15.3 Å². The summed E-state index contributed by atoms with van der Waals surface area (Å²) >= 11 is 0. The monoisotopic (exact) mass is 253 g/mol. The molecule has 0 saturated heterocycles. The standard InChI is InChI=1S/C15H11NO3/c16-15(18)13-11-3-1-2-4-12(11)19-14(13)9-5-7-10(17)8-6-9/h1-8,17H,(H2,16,18). The number of amides is 1. The minimum atomic E-state index is -0.534. The van der Waals surface area contributed by atoms with E-state index in [1.54, 1.807) is 24.3 Å². The number of phenols is 1. The SMILES string of the molecule is NC(=O)c1c(-c2ccc(O)cc2)oc2ccccc12. The predicted octanol–water partition coefficient (Wildman–Crippen LogP) is 2.90. The lowest BCUT2D eigenvalue weighted by molar-refractivity contribution is 0.100. The highest BCUT2D eigenvalue weighted by Gasteiger charge is 2.19. The summed E-state index contributed by atoms with van der Waals surface area (Å²) in [6.45, 7) is 0. The summed E-state index contributed by atoms with van der Waals surface area (Å²) in [5.41, 5.74) is 7.11. The zero-order chi connectivity index (χ0) is 13.4. The molecule has 1 heterocycles. The number of hydrogen-bond acceptors (Lipinski definition) is 3. The van der Waals surface area contributed by atoms with Crippen molar-refractivity contribution in [1.82, 2.24) is 0 Å². The van der Waals surface area contributed by atoms with Crippen LogP contribution in [-0.4, -0.2) is 11.0 Å². The predicted molar refractivity (Wildman–Crippen MR) is 71.8 cm³/mol. The highest BCUT2D eigenvalue weighted by Crippen LogP contribution is 2.33. The van der Waals surface area contributed by atoms with Crippen LogP contribution in [0.4, 0.5) is 0 Å². The molecular formula is C15H11NO3. The first-order chi connectivity index (χ1) is 9.16. The fourth-order valence-electron chi connectivity index (χ4n) is 2.11. The Morgan fingerprint density at radius 1 is 1.05 bits per heavy atom. The van der Waals surface area contributed by atoms with Gasteiger partial charge in [-0.05, 0) is 30.3 Å². The Labute approximate surface area is 109 Å². The van der Waals surface area contributed by atoms with Gasteiger partial charge in [0.15, 0.2) is 0 Å². The fraction of sp³-hybridized carbons (Fsp3) is 0. The number of aromatic hydroxyl groups is 1. The molecule has 94 valence electrons. The molecule has 0 saturated carbocycles. The van der Waals surface area contributed by atoms with Crippen LogP contribution in [0.3, 0.4) is 0 Å². The molecule has 19 heavy (non-hydrogen) atoms. The van der Waals surface area contributed by atoms with Gasteiger partial charge in [-0.2, -0.15) is 0 Å². The summed E-state index contributed by atoms with van der Waals surface area (Å²) < 4.78 is 5.70. The number of furan rings is 1. The van der Waals surface area contributed by atoms with E-state index < -0.39 is 5.91 Å². The summed E-state index contributed by atoms with van der Waals surface area (Å²) in [7, 11) is 0. The average molecular weight is 253 g/mol. The second-order valence-corrected chi connectivity index (χ2v) is 4.21. The third-order valence-electron chi connectivity index (χ3n) is 2.97. The molecule has 0 aliphatic rings. The van der Waals surface area contributed by atoms with Gasteiger partial charge in [-0.1, -0.05) is 18.2 Å². The van der Waals surface area contributed by atoms with Gasteiger partial charge in [-0.15, -0.1) is 0 Å². The van der Waals surface area contributed by atoms with Crippen LogP contribution in [0, 0.1) is 0 Å². The molecule has 1 amide bonds. The van der Waals surface area contributed by atoms with E-state index in [9.17, 15) is 9.90 Å². The van der Waals surface area contributed by atoms with E-state index in [2.05, 4.69) is 0 Å². The normalized spacial score (nSPS) is 10.7. The second-order valence-electron chi connectivity index (χ2n) is 4.21. The topological polar surface area (TPSA) is 76.5 Å². The van der Waals surface area contributed by atoms with Gasteiger partial charge in [0.05, 0.1) is 5.56 Å². The summed E-state index contributed by atoms with van der Waals surface area (Å²) in [5, 5.41) is 9.99. The molecule has 3 aromatic rings. The van der Waals surface area contributed by atoms with Crippen molar-refractivity contribution in [3.05, 3.63) is 54.1 Å². The lowest BCUT2D eigenvalue weighted by atomic mass is 10.1. The fourth-order valence-corrected chi connectivity index (χ4v) is 2.11. The molecule has 0 spiro atoms. The molecule has 4 heteroatoms. The summed E-state index contributed by atoms with van der Waals surface area (Å²) in [4.78, 5) is 11.6. The second kappa shape index (κ2) is 4.17. The minimum absolute atomic E-state index is 0.153. The molecule has 0 atom stereocenters. The zero-order valence-corrected chi connectivity index (χ0v) is 9.96. The van der Waals surface area contributed by atoms with E-state index in [0.29, 0.717) is 27.9 Å². The van der Waals surface area contributed by atoms with Gasteiger partial charge in [0, 0.05) is 10.9 Å². The molecule has 0 aliphatic heterocycles. The van der Waals surface area contributed by atoms with Gasteiger partial charge in [-0.3, -0.25) is 4.79 Å². The molecule has 3 N–H and O–H groups in total. The molecule has 2 aromatic carbocycles. The number of nitrogens with two attached hydrogens (primary N) is 1. The average Bonchev–Trinajstić information content (AvgIpc) is 2.78. The van der Waals surface area contributed by atoms with Crippen LogP contribution in [-0.2, 0) is 0 Å². The summed E-state index contributed by atoms with van der Waals surface area (Å²) in [6.07, 6.45) is 0. The molecular weight excluding hydrogens is 242 g/mol. The van der Waals surface area contributed by atoms with Crippen molar-refractivity contribution < 1.29 is 14.3 Å².